The number of hydrogen-bond acceptors (Lipinski definition) is 4. The number of unbranched alkanes of at least 4 members (excludes halogenated alkanes) is 13. The molecule has 5 nitrogen and oxygen atoms in total. The van der Waals surface area contributed by atoms with Crippen LogP contribution in [-0.2, 0) is 4.79 Å². The zero-order chi connectivity index (χ0) is 18.1. The van der Waals surface area contributed by atoms with Crippen molar-refractivity contribution >= 4 is 5.97 Å². The van der Waals surface area contributed by atoms with E-state index in [0.29, 0.717) is 6.42 Å². The van der Waals surface area contributed by atoms with Crippen molar-refractivity contribution in [2.24, 2.45) is 0 Å². The molecule has 0 aliphatic rings. The van der Waals surface area contributed by atoms with Gasteiger partial charge >= 0.3 is 5.97 Å². The quantitative estimate of drug-likeness (QED) is 0.181. The molecule has 0 heterocycles. The van der Waals surface area contributed by atoms with Gasteiger partial charge in [0.15, 0.2) is 0 Å². The molecule has 5 heteroatoms. The van der Waals surface area contributed by atoms with Gasteiger partial charge in [-0.25, -0.2) is 4.79 Å². The van der Waals surface area contributed by atoms with Crippen LogP contribution in [0.4, 0.5) is 0 Å². The molecule has 0 radical (unpaired) electrons. The summed E-state index contributed by atoms with van der Waals surface area (Å²) in [6.07, 6.45) is 18.8. The minimum absolute atomic E-state index is 0.0306. The molecule has 0 amide bonds. The zero-order valence-corrected chi connectivity index (χ0v) is 15.0. The number of aliphatic hydroxyl groups is 3. The molecule has 0 saturated carbocycles. The molecule has 0 atom stereocenters. The second-order valence-corrected chi connectivity index (χ2v) is 6.65. The molecule has 24 heavy (non-hydrogen) atoms. The van der Waals surface area contributed by atoms with Crippen molar-refractivity contribution in [2.75, 3.05) is 0 Å². The second-order valence-electron chi connectivity index (χ2n) is 6.65. The summed E-state index contributed by atoms with van der Waals surface area (Å²) in [4.78, 5) is 10.3. The first-order chi connectivity index (χ1) is 11.4. The Morgan fingerprint density at radius 3 is 1.42 bits per heavy atom. The van der Waals surface area contributed by atoms with E-state index in [9.17, 15) is 4.79 Å². The summed E-state index contributed by atoms with van der Waals surface area (Å²) in [5, 5.41) is 34.7. The number of hydrogen-bond donors (Lipinski definition) is 4. The maximum atomic E-state index is 10.3. The van der Waals surface area contributed by atoms with E-state index >= 15 is 0 Å². The lowest BCUT2D eigenvalue weighted by Gasteiger charge is -2.12. The first-order valence-corrected chi connectivity index (χ1v) is 9.48. The standard InChI is InChI=1S/C19H36O5/c20-18(21)16-14-12-10-8-6-4-2-1-3-5-7-9-11-13-15-17-19(22,23)24/h14,16,22-24H,1-13,15,17H2,(H,20,21). The van der Waals surface area contributed by atoms with Crippen molar-refractivity contribution in [3.63, 3.8) is 0 Å². The lowest BCUT2D eigenvalue weighted by molar-refractivity contribution is -0.315. The summed E-state index contributed by atoms with van der Waals surface area (Å²) in [5.74, 6) is -3.35. The fourth-order valence-corrected chi connectivity index (χ4v) is 2.75. The summed E-state index contributed by atoms with van der Waals surface area (Å²) in [6, 6.07) is 0. The third kappa shape index (κ3) is 21.1. The number of rotatable bonds is 17. The molecule has 0 aliphatic heterocycles. The Morgan fingerprint density at radius 1 is 0.667 bits per heavy atom. The second kappa shape index (κ2) is 15.6. The van der Waals surface area contributed by atoms with Crippen molar-refractivity contribution in [3.8, 4) is 0 Å². The fourth-order valence-electron chi connectivity index (χ4n) is 2.75. The molecular formula is C19H36O5. The average molecular weight is 344 g/mol. The van der Waals surface area contributed by atoms with Crippen molar-refractivity contribution in [3.05, 3.63) is 12.2 Å². The van der Waals surface area contributed by atoms with Crippen molar-refractivity contribution in [1.82, 2.24) is 0 Å². The van der Waals surface area contributed by atoms with Gasteiger partial charge in [-0.15, -0.1) is 0 Å². The predicted octanol–water partition coefficient (Wildman–Crippen LogP) is 4.11. The molecule has 142 valence electrons. The Kier molecular flexibility index (Phi) is 15.0. The largest absolute Gasteiger partial charge is 0.478 e. The molecule has 0 unspecified atom stereocenters. The Bertz CT molecular complexity index is 320. The Balaban J connectivity index is 3.09. The highest BCUT2D eigenvalue weighted by Crippen LogP contribution is 2.14. The Morgan fingerprint density at radius 2 is 1.04 bits per heavy atom. The van der Waals surface area contributed by atoms with E-state index in [1.54, 1.807) is 6.08 Å². The number of aliphatic carboxylic acids is 1. The van der Waals surface area contributed by atoms with E-state index in [4.69, 9.17) is 20.4 Å². The molecule has 0 bridgehead atoms. The highest BCUT2D eigenvalue weighted by atomic mass is 16.7. The summed E-state index contributed by atoms with van der Waals surface area (Å²) in [6.45, 7) is 0. The average Bonchev–Trinajstić information content (AvgIpc) is 2.49. The van der Waals surface area contributed by atoms with Gasteiger partial charge in [0.05, 0.1) is 0 Å². The first kappa shape index (κ1) is 23.1. The van der Waals surface area contributed by atoms with E-state index in [1.165, 1.54) is 63.9 Å². The molecule has 0 aromatic rings. The number of carbonyl (C=O) groups is 1. The fraction of sp³-hybridized carbons (Fsp3) is 0.842. The van der Waals surface area contributed by atoms with E-state index in [0.717, 1.165) is 25.7 Å². The highest BCUT2D eigenvalue weighted by Gasteiger charge is 2.16. The molecule has 0 aromatic carbocycles. The number of carboxylic acids is 1. The SMILES string of the molecule is O=C(O)C=CCCCCCCCCCCCCCCCC(O)(O)O. The molecule has 0 saturated heterocycles. The van der Waals surface area contributed by atoms with Crippen LogP contribution in [0.15, 0.2) is 12.2 Å². The van der Waals surface area contributed by atoms with Crippen LogP contribution in [0, 0.1) is 0 Å². The van der Waals surface area contributed by atoms with E-state index in [-0.39, 0.29) is 6.42 Å². The maximum absolute atomic E-state index is 10.3. The van der Waals surface area contributed by atoms with Crippen LogP contribution in [0.1, 0.15) is 96.3 Å². The normalized spacial score (nSPS) is 12.1. The summed E-state index contributed by atoms with van der Waals surface area (Å²) >= 11 is 0. The smallest absolute Gasteiger partial charge is 0.327 e. The summed E-state index contributed by atoms with van der Waals surface area (Å²) < 4.78 is 0. The van der Waals surface area contributed by atoms with Crippen LogP contribution in [0.25, 0.3) is 0 Å². The van der Waals surface area contributed by atoms with Crippen LogP contribution < -0.4 is 0 Å². The van der Waals surface area contributed by atoms with Gasteiger partial charge < -0.3 is 20.4 Å². The van der Waals surface area contributed by atoms with Gasteiger partial charge in [0.2, 0.25) is 0 Å². The zero-order valence-electron chi connectivity index (χ0n) is 15.0. The van der Waals surface area contributed by atoms with E-state index in [1.807, 2.05) is 0 Å². The van der Waals surface area contributed by atoms with Crippen molar-refractivity contribution < 1.29 is 25.2 Å². The van der Waals surface area contributed by atoms with Crippen molar-refractivity contribution in [1.29, 1.82) is 0 Å². The number of allylic oxidation sites excluding steroid dienone is 1. The molecule has 0 aromatic heterocycles. The topological polar surface area (TPSA) is 98.0 Å². The third-order valence-corrected chi connectivity index (χ3v) is 4.14. The van der Waals surface area contributed by atoms with Gasteiger partial charge in [-0.1, -0.05) is 76.7 Å². The van der Waals surface area contributed by atoms with Crippen LogP contribution in [0.5, 0.6) is 0 Å². The minimum Gasteiger partial charge on any atom is -0.478 e. The Hall–Kier alpha value is -0.910. The van der Waals surface area contributed by atoms with Crippen LogP contribution in [0.2, 0.25) is 0 Å². The van der Waals surface area contributed by atoms with Crippen molar-refractivity contribution in [2.45, 2.75) is 102 Å². The van der Waals surface area contributed by atoms with Gasteiger partial charge in [-0.3, -0.25) is 0 Å². The van der Waals surface area contributed by atoms with Gasteiger partial charge in [-0.2, -0.15) is 0 Å². The van der Waals surface area contributed by atoms with Crippen LogP contribution >= 0.6 is 0 Å². The van der Waals surface area contributed by atoms with Crippen LogP contribution in [-0.4, -0.2) is 32.4 Å². The lowest BCUT2D eigenvalue weighted by Crippen LogP contribution is -2.26. The third-order valence-electron chi connectivity index (χ3n) is 4.14. The lowest BCUT2D eigenvalue weighted by atomic mass is 10.0. The van der Waals surface area contributed by atoms with Gasteiger partial charge in [0.25, 0.3) is 5.97 Å². The van der Waals surface area contributed by atoms with Gasteiger partial charge in [0, 0.05) is 12.5 Å². The maximum Gasteiger partial charge on any atom is 0.327 e. The molecule has 0 fully saturated rings. The summed E-state index contributed by atoms with van der Waals surface area (Å²) in [5.41, 5.74) is 0. The first-order valence-electron chi connectivity index (χ1n) is 9.48. The van der Waals surface area contributed by atoms with Gasteiger partial charge in [0.1, 0.15) is 0 Å². The molecule has 4 N–H and O–H groups in total. The van der Waals surface area contributed by atoms with E-state index in [2.05, 4.69) is 0 Å². The monoisotopic (exact) mass is 344 g/mol. The molecule has 0 aliphatic carbocycles. The molecular weight excluding hydrogens is 308 g/mol. The minimum atomic E-state index is -2.49. The number of carboxylic acid groups (broad SMARTS) is 1. The van der Waals surface area contributed by atoms with Gasteiger partial charge in [-0.05, 0) is 19.3 Å². The predicted molar refractivity (Wildman–Crippen MR) is 95.4 cm³/mol. The van der Waals surface area contributed by atoms with Crippen LogP contribution in [0.3, 0.4) is 0 Å². The molecule has 0 spiro atoms. The van der Waals surface area contributed by atoms with E-state index < -0.39 is 11.9 Å². The molecule has 0 rings (SSSR count). The highest BCUT2D eigenvalue weighted by molar-refractivity contribution is 5.79. The summed E-state index contributed by atoms with van der Waals surface area (Å²) in [7, 11) is 0. The Labute approximate surface area is 146 Å².